The second kappa shape index (κ2) is 15.3. The smallest absolute Gasteiger partial charge is 0.346 e. The summed E-state index contributed by atoms with van der Waals surface area (Å²) in [4.78, 5) is 21.1. The van der Waals surface area contributed by atoms with Crippen molar-refractivity contribution in [2.24, 2.45) is 10.9 Å². The molecule has 3 N–H and O–H groups in total. The molecule has 0 amide bonds. The van der Waals surface area contributed by atoms with Crippen molar-refractivity contribution in [3.05, 3.63) is 0 Å². The number of carbonyl (C=O) groups is 1. The highest BCUT2D eigenvalue weighted by Gasteiger charge is 2.51. The molecular weight excluding hydrogens is 560 g/mol. The summed E-state index contributed by atoms with van der Waals surface area (Å²) < 4.78 is 8.79. The lowest BCUT2D eigenvalue weighted by Crippen LogP contribution is -2.63. The quantitative estimate of drug-likeness (QED) is 0.107. The zero-order valence-electron chi connectivity index (χ0n) is 29.1. The van der Waals surface area contributed by atoms with Gasteiger partial charge in [0.05, 0.1) is 42.2 Å². The summed E-state index contributed by atoms with van der Waals surface area (Å²) in [6.45, 7) is 8.82. The third-order valence-electron chi connectivity index (χ3n) is 12.1. The lowest BCUT2D eigenvalue weighted by atomic mass is 9.89. The number of aliphatic imine (C=N–C) groups is 1. The first-order chi connectivity index (χ1) is 21.9. The van der Waals surface area contributed by atoms with E-state index in [-0.39, 0.29) is 30.1 Å². The SMILES string of the molecule is CCCCCCCCC[C@@H]1C[C@@H]2CC[C@H]3[C@@H](C(=O)O[C@@H](C)CCCCC[C@@H]4C[C@@H]5CC[C@@H]6C[C@H](C)NC(=[N+]65)N4)[C@@H](C)N=C(N1)N23. The van der Waals surface area contributed by atoms with E-state index in [1.807, 2.05) is 0 Å². The van der Waals surface area contributed by atoms with Crippen LogP contribution in [0.15, 0.2) is 4.99 Å². The fourth-order valence-corrected chi connectivity index (χ4v) is 9.85. The van der Waals surface area contributed by atoms with Gasteiger partial charge in [-0.25, -0.2) is 4.99 Å². The molecule has 0 aromatic carbocycles. The number of nitrogens with zero attached hydrogens (tertiary/aromatic N) is 3. The zero-order valence-corrected chi connectivity index (χ0v) is 29.1. The standard InChI is InChI=1S/C37H64N6O2/c1-5-6-7-8-9-10-13-16-29-24-32-20-21-33-34(27(4)39-37(41-29)43(32)33)35(44)45-26(3)15-12-11-14-17-28-23-31-19-18-30-22-25(2)38-36(40-28)42(30)31/h25-34H,5-24H2,1-4H3,(H2,38,39,40,41)/p+1/t25-,26-,27+,28+,29+,30+,31-,32-,33-,34-/m0/s1. The van der Waals surface area contributed by atoms with Gasteiger partial charge in [-0.15, -0.1) is 0 Å². The Kier molecular flexibility index (Phi) is 11.2. The molecule has 254 valence electrons. The van der Waals surface area contributed by atoms with Gasteiger partial charge in [-0.2, -0.15) is 0 Å². The van der Waals surface area contributed by atoms with Crippen molar-refractivity contribution in [3.8, 4) is 0 Å². The molecule has 3 saturated heterocycles. The summed E-state index contributed by atoms with van der Waals surface area (Å²) in [7, 11) is 0. The van der Waals surface area contributed by atoms with Crippen LogP contribution in [-0.2, 0) is 9.53 Å². The molecule has 0 aromatic heterocycles. The maximum atomic E-state index is 13.6. The molecule has 45 heavy (non-hydrogen) atoms. The third-order valence-corrected chi connectivity index (χ3v) is 12.1. The molecule has 0 bridgehead atoms. The Balaban J connectivity index is 0.898. The second-order valence-corrected chi connectivity index (χ2v) is 15.8. The Morgan fingerprint density at radius 2 is 1.56 bits per heavy atom. The van der Waals surface area contributed by atoms with E-state index in [4.69, 9.17) is 9.73 Å². The summed E-state index contributed by atoms with van der Waals surface area (Å²) in [6, 6.07) is 3.89. The molecular formula is C37H65N6O2+. The van der Waals surface area contributed by atoms with Gasteiger partial charge in [-0.1, -0.05) is 64.7 Å². The monoisotopic (exact) mass is 626 g/mol. The van der Waals surface area contributed by atoms with Crippen molar-refractivity contribution >= 4 is 17.9 Å². The number of ether oxygens (including phenoxy) is 1. The topological polar surface area (TPSA) is 81.0 Å². The predicted octanol–water partition coefficient (Wildman–Crippen LogP) is 6.22. The molecule has 6 rings (SSSR count). The van der Waals surface area contributed by atoms with Crippen molar-refractivity contribution < 1.29 is 14.1 Å². The summed E-state index contributed by atoms with van der Waals surface area (Å²) in [5.74, 6) is 2.20. The average molecular weight is 626 g/mol. The van der Waals surface area contributed by atoms with Crippen LogP contribution in [0.2, 0.25) is 0 Å². The lowest BCUT2D eigenvalue weighted by Gasteiger charge is -2.47. The second-order valence-electron chi connectivity index (χ2n) is 15.8. The van der Waals surface area contributed by atoms with Crippen molar-refractivity contribution in [3.63, 3.8) is 0 Å². The number of nitrogens with one attached hydrogen (secondary N) is 3. The van der Waals surface area contributed by atoms with Gasteiger partial charge in [0.2, 0.25) is 0 Å². The minimum absolute atomic E-state index is 0.0225. The number of esters is 1. The first-order valence-electron chi connectivity index (χ1n) is 19.4. The van der Waals surface area contributed by atoms with Crippen LogP contribution in [0, 0.1) is 5.92 Å². The van der Waals surface area contributed by atoms with E-state index in [9.17, 15) is 4.79 Å². The van der Waals surface area contributed by atoms with E-state index in [1.165, 1.54) is 115 Å². The van der Waals surface area contributed by atoms with E-state index < -0.39 is 0 Å². The Morgan fingerprint density at radius 3 is 2.33 bits per heavy atom. The maximum absolute atomic E-state index is 13.6. The minimum atomic E-state index is -0.150. The molecule has 6 heterocycles. The van der Waals surface area contributed by atoms with Crippen molar-refractivity contribution in [2.45, 2.75) is 211 Å². The van der Waals surface area contributed by atoms with Gasteiger partial charge in [0.25, 0.3) is 0 Å². The van der Waals surface area contributed by atoms with Gasteiger partial charge >= 0.3 is 11.9 Å². The molecule has 3 fully saturated rings. The summed E-state index contributed by atoms with van der Waals surface area (Å²) in [6.07, 6.45) is 25.2. The van der Waals surface area contributed by atoms with E-state index in [0.717, 1.165) is 37.3 Å². The Bertz CT molecular complexity index is 1060. The molecule has 0 spiro atoms. The summed E-state index contributed by atoms with van der Waals surface area (Å²) >= 11 is 0. The van der Waals surface area contributed by atoms with Gasteiger partial charge < -0.3 is 15.0 Å². The van der Waals surface area contributed by atoms with Crippen molar-refractivity contribution in [2.75, 3.05) is 0 Å². The molecule has 6 aliphatic heterocycles. The average Bonchev–Trinajstić information content (AvgIpc) is 3.61. The van der Waals surface area contributed by atoms with Crippen LogP contribution in [0.5, 0.6) is 0 Å². The van der Waals surface area contributed by atoms with Gasteiger partial charge in [0, 0.05) is 31.0 Å². The predicted molar refractivity (Wildman–Crippen MR) is 183 cm³/mol. The third kappa shape index (κ3) is 7.77. The Hall–Kier alpha value is -1.99. The Labute approximate surface area is 274 Å². The van der Waals surface area contributed by atoms with Crippen LogP contribution in [0.3, 0.4) is 0 Å². The fraction of sp³-hybridized carbons (Fsp3) is 0.919. The summed E-state index contributed by atoms with van der Waals surface area (Å²) in [5, 5.41) is 11.4. The fourth-order valence-electron chi connectivity index (χ4n) is 9.85. The number of hydrogen-bond donors (Lipinski definition) is 3. The molecule has 8 nitrogen and oxygen atoms in total. The number of hydrogen-bond acceptors (Lipinski definition) is 7. The van der Waals surface area contributed by atoms with Crippen LogP contribution >= 0.6 is 0 Å². The number of rotatable bonds is 16. The van der Waals surface area contributed by atoms with Crippen LogP contribution < -0.4 is 16.0 Å². The van der Waals surface area contributed by atoms with Crippen molar-refractivity contribution in [1.29, 1.82) is 0 Å². The number of carbonyl (C=O) groups excluding carboxylic acids is 1. The highest BCUT2D eigenvalue weighted by Crippen LogP contribution is 2.40. The molecule has 0 unspecified atom stereocenters. The van der Waals surface area contributed by atoms with Gasteiger partial charge in [0.15, 0.2) is 5.96 Å². The first kappa shape index (κ1) is 32.9. The minimum Gasteiger partial charge on any atom is -0.462 e. The lowest BCUT2D eigenvalue weighted by molar-refractivity contribution is -0.593. The first-order valence-corrected chi connectivity index (χ1v) is 19.4. The van der Waals surface area contributed by atoms with E-state index in [1.54, 1.807) is 0 Å². The van der Waals surface area contributed by atoms with E-state index >= 15 is 0 Å². The van der Waals surface area contributed by atoms with Crippen molar-refractivity contribution in [1.82, 2.24) is 20.9 Å². The molecule has 0 aliphatic carbocycles. The van der Waals surface area contributed by atoms with Gasteiger partial charge in [-0.05, 0) is 78.6 Å². The molecule has 6 aliphatic rings. The molecule has 0 saturated carbocycles. The summed E-state index contributed by atoms with van der Waals surface area (Å²) in [5.41, 5.74) is 0. The molecule has 0 aromatic rings. The largest absolute Gasteiger partial charge is 0.462 e. The van der Waals surface area contributed by atoms with Crippen LogP contribution in [0.4, 0.5) is 0 Å². The van der Waals surface area contributed by atoms with Gasteiger partial charge in [-0.3, -0.25) is 20.0 Å². The van der Waals surface area contributed by atoms with Gasteiger partial charge in [0.1, 0.15) is 0 Å². The molecule has 10 atom stereocenters. The number of guanidine groups is 2. The van der Waals surface area contributed by atoms with Crippen LogP contribution in [0.25, 0.3) is 0 Å². The molecule has 0 radical (unpaired) electrons. The Morgan fingerprint density at radius 1 is 0.867 bits per heavy atom. The zero-order chi connectivity index (χ0) is 31.3. The van der Waals surface area contributed by atoms with E-state index in [0.29, 0.717) is 24.2 Å². The normalized spacial score (nSPS) is 35.5. The number of unbranched alkanes of at least 4 members (excludes halogenated alkanes) is 8. The highest BCUT2D eigenvalue weighted by atomic mass is 16.5. The van der Waals surface area contributed by atoms with Crippen LogP contribution in [0.1, 0.15) is 156 Å². The highest BCUT2D eigenvalue weighted by molar-refractivity contribution is 5.86. The van der Waals surface area contributed by atoms with Crippen LogP contribution in [-0.4, -0.2) is 81.8 Å². The maximum Gasteiger partial charge on any atom is 0.346 e. The van der Waals surface area contributed by atoms with E-state index in [2.05, 4.69) is 53.1 Å². The molecule has 8 heteroatoms.